The molecule has 0 atom stereocenters. The quantitative estimate of drug-likeness (QED) is 0.908. The Morgan fingerprint density at radius 1 is 0.905 bits per heavy atom. The first-order valence-corrected chi connectivity index (χ1v) is 6.90. The van der Waals surface area contributed by atoms with E-state index in [1.165, 1.54) is 23.3 Å². The molecular formula is C17H15NO3. The maximum absolute atomic E-state index is 12.2. The molecule has 0 spiro atoms. The molecule has 0 fully saturated rings. The van der Waals surface area contributed by atoms with Gasteiger partial charge in [-0.15, -0.1) is 0 Å². The zero-order valence-corrected chi connectivity index (χ0v) is 11.4. The first-order valence-electron chi connectivity index (χ1n) is 6.90. The molecule has 21 heavy (non-hydrogen) atoms. The van der Waals surface area contributed by atoms with E-state index < -0.39 is 5.97 Å². The maximum Gasteiger partial charge on any atom is 0.335 e. The molecule has 0 bridgehead atoms. The van der Waals surface area contributed by atoms with Crippen LogP contribution in [-0.2, 0) is 12.8 Å². The molecule has 3 rings (SSSR count). The van der Waals surface area contributed by atoms with Gasteiger partial charge < -0.3 is 10.4 Å². The van der Waals surface area contributed by atoms with Crippen molar-refractivity contribution >= 4 is 17.6 Å². The van der Waals surface area contributed by atoms with E-state index in [0.717, 1.165) is 19.3 Å². The minimum absolute atomic E-state index is 0.173. The van der Waals surface area contributed by atoms with Gasteiger partial charge in [-0.3, -0.25) is 4.79 Å². The number of carbonyl (C=O) groups excluding carboxylic acids is 1. The van der Waals surface area contributed by atoms with Crippen molar-refractivity contribution in [3.63, 3.8) is 0 Å². The van der Waals surface area contributed by atoms with E-state index in [-0.39, 0.29) is 11.5 Å². The molecule has 0 aromatic heterocycles. The van der Waals surface area contributed by atoms with Crippen molar-refractivity contribution in [2.45, 2.75) is 19.3 Å². The highest BCUT2D eigenvalue weighted by molar-refractivity contribution is 6.04. The number of fused-ring (bicyclic) bond motifs is 1. The van der Waals surface area contributed by atoms with E-state index in [0.29, 0.717) is 11.3 Å². The Morgan fingerprint density at radius 3 is 2.29 bits per heavy atom. The summed E-state index contributed by atoms with van der Waals surface area (Å²) in [6.45, 7) is 0. The first kappa shape index (κ1) is 13.4. The summed E-state index contributed by atoms with van der Waals surface area (Å²) in [6.07, 6.45) is 3.27. The molecule has 0 aliphatic heterocycles. The van der Waals surface area contributed by atoms with Crippen LogP contribution < -0.4 is 5.32 Å². The van der Waals surface area contributed by atoms with E-state index in [2.05, 4.69) is 5.32 Å². The summed E-state index contributed by atoms with van der Waals surface area (Å²) in [5.41, 5.74) is 4.01. The molecule has 1 amide bonds. The Kier molecular flexibility index (Phi) is 3.44. The van der Waals surface area contributed by atoms with Gasteiger partial charge in [0, 0.05) is 11.3 Å². The smallest absolute Gasteiger partial charge is 0.335 e. The molecule has 0 saturated carbocycles. The largest absolute Gasteiger partial charge is 0.478 e. The topological polar surface area (TPSA) is 66.4 Å². The van der Waals surface area contributed by atoms with Crippen molar-refractivity contribution in [2.75, 3.05) is 5.32 Å². The van der Waals surface area contributed by atoms with Crippen LogP contribution >= 0.6 is 0 Å². The van der Waals surface area contributed by atoms with E-state index in [4.69, 9.17) is 5.11 Å². The van der Waals surface area contributed by atoms with Crippen molar-refractivity contribution in [1.29, 1.82) is 0 Å². The van der Waals surface area contributed by atoms with Crippen LogP contribution in [0.5, 0.6) is 0 Å². The predicted molar refractivity (Wildman–Crippen MR) is 79.8 cm³/mol. The number of rotatable bonds is 3. The number of nitrogens with one attached hydrogen (secondary N) is 1. The SMILES string of the molecule is O=C(O)c1ccc(NC(=O)c2ccc3c(c2)CCC3)cc1. The average Bonchev–Trinajstić information content (AvgIpc) is 2.95. The summed E-state index contributed by atoms with van der Waals surface area (Å²) in [6, 6.07) is 11.9. The van der Waals surface area contributed by atoms with E-state index in [9.17, 15) is 9.59 Å². The normalized spacial score (nSPS) is 12.8. The van der Waals surface area contributed by atoms with E-state index in [1.807, 2.05) is 18.2 Å². The fourth-order valence-corrected chi connectivity index (χ4v) is 2.61. The number of hydrogen-bond donors (Lipinski definition) is 2. The van der Waals surface area contributed by atoms with Crippen molar-refractivity contribution < 1.29 is 14.7 Å². The average molecular weight is 281 g/mol. The number of carbonyl (C=O) groups is 2. The molecule has 2 aromatic rings. The Morgan fingerprint density at radius 2 is 1.57 bits per heavy atom. The third-order valence-corrected chi connectivity index (χ3v) is 3.75. The first-order chi connectivity index (χ1) is 10.1. The summed E-state index contributed by atoms with van der Waals surface area (Å²) in [5.74, 6) is -1.15. The van der Waals surface area contributed by atoms with Crippen molar-refractivity contribution in [3.05, 3.63) is 64.7 Å². The number of benzene rings is 2. The van der Waals surface area contributed by atoms with Gasteiger partial charge in [-0.25, -0.2) is 4.79 Å². The van der Waals surface area contributed by atoms with Gasteiger partial charge in [0.2, 0.25) is 0 Å². The highest BCUT2D eigenvalue weighted by atomic mass is 16.4. The summed E-state index contributed by atoms with van der Waals surface area (Å²) < 4.78 is 0. The van der Waals surface area contributed by atoms with Gasteiger partial charge in [-0.2, -0.15) is 0 Å². The van der Waals surface area contributed by atoms with Crippen LogP contribution in [0.15, 0.2) is 42.5 Å². The fraction of sp³-hybridized carbons (Fsp3) is 0.176. The van der Waals surface area contributed by atoms with Crippen molar-refractivity contribution in [1.82, 2.24) is 0 Å². The zero-order chi connectivity index (χ0) is 14.8. The van der Waals surface area contributed by atoms with E-state index >= 15 is 0 Å². The second-order valence-corrected chi connectivity index (χ2v) is 5.17. The van der Waals surface area contributed by atoms with Gasteiger partial charge in [0.1, 0.15) is 0 Å². The van der Waals surface area contributed by atoms with Gasteiger partial charge in [0.25, 0.3) is 5.91 Å². The fourth-order valence-electron chi connectivity index (χ4n) is 2.61. The van der Waals surface area contributed by atoms with Crippen LogP contribution in [-0.4, -0.2) is 17.0 Å². The zero-order valence-electron chi connectivity index (χ0n) is 11.4. The van der Waals surface area contributed by atoms with Gasteiger partial charge in [0.15, 0.2) is 0 Å². The summed E-state index contributed by atoms with van der Waals surface area (Å²) in [5, 5.41) is 11.6. The van der Waals surface area contributed by atoms with Crippen molar-refractivity contribution in [2.24, 2.45) is 0 Å². The lowest BCUT2D eigenvalue weighted by molar-refractivity contribution is 0.0696. The Hall–Kier alpha value is -2.62. The van der Waals surface area contributed by atoms with Crippen LogP contribution in [0.1, 0.15) is 38.3 Å². The van der Waals surface area contributed by atoms with Crippen molar-refractivity contribution in [3.8, 4) is 0 Å². The molecule has 2 N–H and O–H groups in total. The Labute approximate surface area is 122 Å². The number of amides is 1. The Balaban J connectivity index is 1.75. The summed E-state index contributed by atoms with van der Waals surface area (Å²) in [7, 11) is 0. The number of anilines is 1. The molecular weight excluding hydrogens is 266 g/mol. The molecule has 1 aliphatic carbocycles. The number of carboxylic acid groups (broad SMARTS) is 1. The number of aromatic carboxylic acids is 1. The monoisotopic (exact) mass is 281 g/mol. The lowest BCUT2D eigenvalue weighted by Gasteiger charge is -2.07. The minimum atomic E-state index is -0.980. The number of hydrogen-bond acceptors (Lipinski definition) is 2. The van der Waals surface area contributed by atoms with Crippen LogP contribution in [0.3, 0.4) is 0 Å². The predicted octanol–water partition coefficient (Wildman–Crippen LogP) is 3.13. The van der Waals surface area contributed by atoms with Gasteiger partial charge in [-0.05, 0) is 66.8 Å². The van der Waals surface area contributed by atoms with Gasteiger partial charge >= 0.3 is 5.97 Å². The van der Waals surface area contributed by atoms with Crippen LogP contribution in [0.4, 0.5) is 5.69 Å². The molecule has 0 heterocycles. The van der Waals surface area contributed by atoms with Crippen LogP contribution in [0.2, 0.25) is 0 Å². The molecule has 4 heteroatoms. The number of carboxylic acids is 1. The third kappa shape index (κ3) is 2.79. The summed E-state index contributed by atoms with van der Waals surface area (Å²) in [4.78, 5) is 23.0. The lowest BCUT2D eigenvalue weighted by atomic mass is 10.1. The molecule has 2 aromatic carbocycles. The summed E-state index contributed by atoms with van der Waals surface area (Å²) >= 11 is 0. The molecule has 0 unspecified atom stereocenters. The molecule has 4 nitrogen and oxygen atoms in total. The molecule has 0 saturated heterocycles. The van der Waals surface area contributed by atoms with Gasteiger partial charge in [0.05, 0.1) is 5.56 Å². The molecule has 106 valence electrons. The highest BCUT2D eigenvalue weighted by Gasteiger charge is 2.14. The standard InChI is InChI=1S/C17H15NO3/c19-16(14-5-4-11-2-1-3-13(11)10-14)18-15-8-6-12(7-9-15)17(20)21/h4-10H,1-3H2,(H,18,19)(H,20,21). The second kappa shape index (κ2) is 5.40. The maximum atomic E-state index is 12.2. The van der Waals surface area contributed by atoms with Gasteiger partial charge in [-0.1, -0.05) is 6.07 Å². The number of aryl methyl sites for hydroxylation is 2. The third-order valence-electron chi connectivity index (χ3n) is 3.75. The highest BCUT2D eigenvalue weighted by Crippen LogP contribution is 2.23. The minimum Gasteiger partial charge on any atom is -0.478 e. The van der Waals surface area contributed by atoms with Crippen LogP contribution in [0.25, 0.3) is 0 Å². The molecule has 0 radical (unpaired) electrons. The van der Waals surface area contributed by atoms with E-state index in [1.54, 1.807) is 12.1 Å². The Bertz CT molecular complexity index is 704. The lowest BCUT2D eigenvalue weighted by Crippen LogP contribution is -2.12. The molecule has 1 aliphatic rings. The van der Waals surface area contributed by atoms with Crippen LogP contribution in [0, 0.1) is 0 Å². The second-order valence-electron chi connectivity index (χ2n) is 5.17.